The summed E-state index contributed by atoms with van der Waals surface area (Å²) in [6.07, 6.45) is 1.17. The second-order valence-corrected chi connectivity index (χ2v) is 3.68. The lowest BCUT2D eigenvalue weighted by atomic mass is 10.2. The molecule has 0 aliphatic carbocycles. The standard InChI is InChI=1S/C7H11NO2S/c1-2-11-7(10)5-3-4-6(9)8-5/h5H,2-4H2,1H3,(H,8,9)/t5-/m0/s1. The minimum absolute atomic E-state index is 0.0000491. The lowest BCUT2D eigenvalue weighted by molar-refractivity contribution is -0.121. The molecule has 3 nitrogen and oxygen atoms in total. The van der Waals surface area contributed by atoms with Crippen LogP contribution >= 0.6 is 11.8 Å². The van der Waals surface area contributed by atoms with Crippen molar-refractivity contribution in [2.75, 3.05) is 5.75 Å². The molecule has 62 valence electrons. The van der Waals surface area contributed by atoms with Gasteiger partial charge in [0.05, 0.1) is 6.04 Å². The van der Waals surface area contributed by atoms with Crippen molar-refractivity contribution in [3.05, 3.63) is 0 Å². The monoisotopic (exact) mass is 173 g/mol. The van der Waals surface area contributed by atoms with Gasteiger partial charge in [-0.2, -0.15) is 0 Å². The van der Waals surface area contributed by atoms with Crippen molar-refractivity contribution in [1.29, 1.82) is 0 Å². The molecular weight excluding hydrogens is 162 g/mol. The molecule has 0 saturated carbocycles. The van der Waals surface area contributed by atoms with E-state index in [1.165, 1.54) is 11.8 Å². The van der Waals surface area contributed by atoms with Crippen LogP contribution in [0, 0.1) is 0 Å². The third-order valence-corrected chi connectivity index (χ3v) is 2.42. The number of carbonyl (C=O) groups excluding carboxylic acids is 2. The Balaban J connectivity index is 2.37. The van der Waals surface area contributed by atoms with E-state index in [0.29, 0.717) is 12.8 Å². The van der Waals surface area contributed by atoms with Gasteiger partial charge in [0, 0.05) is 6.42 Å². The van der Waals surface area contributed by atoms with Crippen LogP contribution in [0.5, 0.6) is 0 Å². The fourth-order valence-corrected chi connectivity index (χ4v) is 1.70. The highest BCUT2D eigenvalue weighted by atomic mass is 32.2. The van der Waals surface area contributed by atoms with Crippen LogP contribution in [0.2, 0.25) is 0 Å². The zero-order chi connectivity index (χ0) is 8.27. The van der Waals surface area contributed by atoms with E-state index >= 15 is 0 Å². The highest BCUT2D eigenvalue weighted by Gasteiger charge is 2.26. The number of thioether (sulfide) groups is 1. The quantitative estimate of drug-likeness (QED) is 0.663. The Morgan fingerprint density at radius 1 is 1.82 bits per heavy atom. The molecule has 0 bridgehead atoms. The molecule has 1 heterocycles. The first-order valence-corrected chi connectivity index (χ1v) is 4.68. The minimum Gasteiger partial charge on any atom is -0.345 e. The second-order valence-electron chi connectivity index (χ2n) is 2.41. The van der Waals surface area contributed by atoms with Gasteiger partial charge in [-0.25, -0.2) is 0 Å². The van der Waals surface area contributed by atoms with Gasteiger partial charge in [-0.15, -0.1) is 0 Å². The SMILES string of the molecule is CCSC(=O)[C@@H]1CCC(=O)N1. The highest BCUT2D eigenvalue weighted by Crippen LogP contribution is 2.14. The average Bonchev–Trinajstić information content (AvgIpc) is 2.36. The van der Waals surface area contributed by atoms with Crippen molar-refractivity contribution in [3.8, 4) is 0 Å². The summed E-state index contributed by atoms with van der Waals surface area (Å²) in [6.45, 7) is 1.93. The summed E-state index contributed by atoms with van der Waals surface area (Å²) in [5, 5.41) is 2.72. The van der Waals surface area contributed by atoms with Crippen molar-refractivity contribution in [1.82, 2.24) is 5.32 Å². The molecule has 1 aliphatic rings. The molecular formula is C7H11NO2S. The summed E-state index contributed by atoms with van der Waals surface area (Å²) in [6, 6.07) is -0.215. The van der Waals surface area contributed by atoms with Crippen molar-refractivity contribution >= 4 is 22.8 Å². The summed E-state index contributed by atoms with van der Waals surface area (Å²) < 4.78 is 0. The zero-order valence-corrected chi connectivity index (χ0v) is 7.24. The molecule has 1 fully saturated rings. The molecule has 0 aromatic heterocycles. The maximum atomic E-state index is 11.1. The van der Waals surface area contributed by atoms with Gasteiger partial charge in [0.15, 0.2) is 0 Å². The van der Waals surface area contributed by atoms with Gasteiger partial charge in [-0.1, -0.05) is 18.7 Å². The lowest BCUT2D eigenvalue weighted by Crippen LogP contribution is -2.31. The number of rotatable bonds is 2. The smallest absolute Gasteiger partial charge is 0.220 e. The molecule has 1 saturated heterocycles. The first-order valence-electron chi connectivity index (χ1n) is 3.70. The first kappa shape index (κ1) is 8.59. The predicted molar refractivity (Wildman–Crippen MR) is 44.3 cm³/mol. The summed E-state index contributed by atoms with van der Waals surface area (Å²) in [5.41, 5.74) is 0. The van der Waals surface area contributed by atoms with Crippen LogP contribution in [0.1, 0.15) is 19.8 Å². The summed E-state index contributed by atoms with van der Waals surface area (Å²) >= 11 is 1.28. The highest BCUT2D eigenvalue weighted by molar-refractivity contribution is 8.13. The van der Waals surface area contributed by atoms with Gasteiger partial charge in [-0.05, 0) is 12.2 Å². The molecule has 1 amide bonds. The van der Waals surface area contributed by atoms with Gasteiger partial charge >= 0.3 is 0 Å². The Kier molecular flexibility index (Phi) is 2.93. The molecule has 0 radical (unpaired) electrons. The van der Waals surface area contributed by atoms with Crippen molar-refractivity contribution in [3.63, 3.8) is 0 Å². The van der Waals surface area contributed by atoms with Crippen LogP contribution in [0.3, 0.4) is 0 Å². The molecule has 1 rings (SSSR count). The van der Waals surface area contributed by atoms with Crippen molar-refractivity contribution in [2.24, 2.45) is 0 Å². The van der Waals surface area contributed by atoms with E-state index in [2.05, 4.69) is 5.32 Å². The van der Waals surface area contributed by atoms with E-state index in [1.807, 2.05) is 6.92 Å². The third kappa shape index (κ3) is 2.22. The van der Waals surface area contributed by atoms with E-state index in [4.69, 9.17) is 0 Å². The van der Waals surface area contributed by atoms with Crippen LogP contribution in [-0.2, 0) is 9.59 Å². The number of nitrogens with one attached hydrogen (secondary N) is 1. The van der Waals surface area contributed by atoms with E-state index < -0.39 is 0 Å². The Morgan fingerprint density at radius 3 is 3.00 bits per heavy atom. The minimum atomic E-state index is -0.215. The van der Waals surface area contributed by atoms with Crippen LogP contribution in [0.25, 0.3) is 0 Å². The molecule has 0 aromatic rings. The molecule has 4 heteroatoms. The molecule has 0 spiro atoms. The summed E-state index contributed by atoms with van der Waals surface area (Å²) in [4.78, 5) is 21.8. The van der Waals surface area contributed by atoms with Crippen molar-refractivity contribution < 1.29 is 9.59 Å². The largest absolute Gasteiger partial charge is 0.345 e. The number of hydrogen-bond donors (Lipinski definition) is 1. The first-order chi connectivity index (χ1) is 5.24. The Morgan fingerprint density at radius 2 is 2.55 bits per heavy atom. The van der Waals surface area contributed by atoms with E-state index in [-0.39, 0.29) is 17.1 Å². The molecule has 0 aromatic carbocycles. The lowest BCUT2D eigenvalue weighted by Gasteiger charge is -2.05. The maximum absolute atomic E-state index is 11.1. The number of amides is 1. The third-order valence-electron chi connectivity index (χ3n) is 1.57. The Hall–Kier alpha value is -0.510. The van der Waals surface area contributed by atoms with Gasteiger partial charge in [0.25, 0.3) is 0 Å². The molecule has 1 N–H and O–H groups in total. The molecule has 1 atom stereocenters. The number of carbonyl (C=O) groups is 2. The van der Waals surface area contributed by atoms with Gasteiger partial charge in [0.2, 0.25) is 11.0 Å². The summed E-state index contributed by atoms with van der Waals surface area (Å²) in [7, 11) is 0. The van der Waals surface area contributed by atoms with E-state index in [9.17, 15) is 9.59 Å². The molecule has 1 aliphatic heterocycles. The van der Waals surface area contributed by atoms with Crippen LogP contribution in [-0.4, -0.2) is 22.8 Å². The van der Waals surface area contributed by atoms with E-state index in [0.717, 1.165) is 5.75 Å². The van der Waals surface area contributed by atoms with Crippen LogP contribution in [0.4, 0.5) is 0 Å². The van der Waals surface area contributed by atoms with Crippen LogP contribution in [0.15, 0.2) is 0 Å². The van der Waals surface area contributed by atoms with Crippen molar-refractivity contribution in [2.45, 2.75) is 25.8 Å². The van der Waals surface area contributed by atoms with E-state index in [1.54, 1.807) is 0 Å². The summed E-state index contributed by atoms with van der Waals surface area (Å²) in [5.74, 6) is 0.783. The number of hydrogen-bond acceptors (Lipinski definition) is 3. The Bertz CT molecular complexity index is 181. The van der Waals surface area contributed by atoms with Gasteiger partial charge < -0.3 is 5.32 Å². The fourth-order valence-electron chi connectivity index (χ4n) is 1.03. The van der Waals surface area contributed by atoms with Crippen LogP contribution < -0.4 is 5.32 Å². The van der Waals surface area contributed by atoms with Gasteiger partial charge in [-0.3, -0.25) is 9.59 Å². The average molecular weight is 173 g/mol. The normalized spacial score (nSPS) is 23.4. The predicted octanol–water partition coefficient (Wildman–Crippen LogP) is 0.545. The van der Waals surface area contributed by atoms with Gasteiger partial charge in [0.1, 0.15) is 0 Å². The topological polar surface area (TPSA) is 46.2 Å². The second kappa shape index (κ2) is 3.76. The zero-order valence-electron chi connectivity index (χ0n) is 6.42. The maximum Gasteiger partial charge on any atom is 0.220 e. The fraction of sp³-hybridized carbons (Fsp3) is 0.714. The molecule has 11 heavy (non-hydrogen) atoms. The Labute approximate surface area is 69.9 Å². The molecule has 0 unspecified atom stereocenters.